The standard InChI is InChI=1S/C14H26F3NO/c1-11(2)10-19-9-5-8-18-13-7-4-3-6-12(13)14(15,16)17/h11-13,18H,3-10H2,1-2H3. The first-order chi connectivity index (χ1) is 8.91. The van der Waals surface area contributed by atoms with E-state index in [1.165, 1.54) is 0 Å². The molecule has 0 radical (unpaired) electrons. The monoisotopic (exact) mass is 281 g/mol. The molecule has 1 aliphatic carbocycles. The van der Waals surface area contributed by atoms with Crippen molar-refractivity contribution in [3.8, 4) is 0 Å². The Bertz CT molecular complexity index is 243. The minimum atomic E-state index is -4.06. The molecule has 2 atom stereocenters. The first-order valence-corrected chi connectivity index (χ1v) is 7.29. The van der Waals surface area contributed by atoms with Crippen LogP contribution in [0, 0.1) is 11.8 Å². The van der Waals surface area contributed by atoms with Crippen molar-refractivity contribution in [3.05, 3.63) is 0 Å². The van der Waals surface area contributed by atoms with Gasteiger partial charge in [0, 0.05) is 19.3 Å². The van der Waals surface area contributed by atoms with Crippen LogP contribution in [0.5, 0.6) is 0 Å². The molecule has 0 aliphatic heterocycles. The second-order valence-corrected chi connectivity index (χ2v) is 5.82. The van der Waals surface area contributed by atoms with Crippen molar-refractivity contribution in [2.45, 2.75) is 58.2 Å². The average molecular weight is 281 g/mol. The predicted molar refractivity (Wildman–Crippen MR) is 70.1 cm³/mol. The topological polar surface area (TPSA) is 21.3 Å². The number of hydrogen-bond acceptors (Lipinski definition) is 2. The molecule has 114 valence electrons. The van der Waals surface area contributed by atoms with E-state index in [1.807, 2.05) is 0 Å². The van der Waals surface area contributed by atoms with E-state index in [0.717, 1.165) is 12.8 Å². The third-order valence-electron chi connectivity index (χ3n) is 3.51. The van der Waals surface area contributed by atoms with Crippen LogP contribution in [-0.4, -0.2) is 32.0 Å². The van der Waals surface area contributed by atoms with Gasteiger partial charge in [-0.1, -0.05) is 26.7 Å². The van der Waals surface area contributed by atoms with Crippen molar-refractivity contribution in [1.82, 2.24) is 5.32 Å². The molecular weight excluding hydrogens is 255 g/mol. The van der Waals surface area contributed by atoms with Gasteiger partial charge in [-0.3, -0.25) is 0 Å². The van der Waals surface area contributed by atoms with E-state index in [9.17, 15) is 13.2 Å². The van der Waals surface area contributed by atoms with E-state index in [2.05, 4.69) is 19.2 Å². The van der Waals surface area contributed by atoms with E-state index in [1.54, 1.807) is 0 Å². The number of rotatable bonds is 7. The second-order valence-electron chi connectivity index (χ2n) is 5.82. The lowest BCUT2D eigenvalue weighted by molar-refractivity contribution is -0.188. The van der Waals surface area contributed by atoms with Gasteiger partial charge in [0.15, 0.2) is 0 Å². The van der Waals surface area contributed by atoms with Crippen molar-refractivity contribution < 1.29 is 17.9 Å². The van der Waals surface area contributed by atoms with Gasteiger partial charge in [0.2, 0.25) is 0 Å². The molecule has 0 aromatic rings. The van der Waals surface area contributed by atoms with Crippen LogP contribution in [0.4, 0.5) is 13.2 Å². The molecule has 1 N–H and O–H groups in total. The van der Waals surface area contributed by atoms with Gasteiger partial charge in [-0.05, 0) is 31.7 Å². The van der Waals surface area contributed by atoms with Gasteiger partial charge >= 0.3 is 6.18 Å². The van der Waals surface area contributed by atoms with Crippen LogP contribution >= 0.6 is 0 Å². The summed E-state index contributed by atoms with van der Waals surface area (Å²) >= 11 is 0. The molecule has 0 saturated heterocycles. The van der Waals surface area contributed by atoms with E-state index in [-0.39, 0.29) is 6.42 Å². The molecule has 1 rings (SSSR count). The summed E-state index contributed by atoms with van der Waals surface area (Å²) in [7, 11) is 0. The normalized spacial score (nSPS) is 24.9. The van der Waals surface area contributed by atoms with Crippen LogP contribution in [0.25, 0.3) is 0 Å². The molecule has 0 aromatic carbocycles. The molecule has 5 heteroatoms. The summed E-state index contributed by atoms with van der Waals surface area (Å²) in [4.78, 5) is 0. The smallest absolute Gasteiger partial charge is 0.381 e. The lowest BCUT2D eigenvalue weighted by atomic mass is 9.84. The number of nitrogens with one attached hydrogen (secondary N) is 1. The minimum Gasteiger partial charge on any atom is -0.381 e. The zero-order valence-electron chi connectivity index (χ0n) is 11.9. The third-order valence-corrected chi connectivity index (χ3v) is 3.51. The Morgan fingerprint density at radius 3 is 2.53 bits per heavy atom. The minimum absolute atomic E-state index is 0.269. The Morgan fingerprint density at radius 2 is 1.89 bits per heavy atom. The largest absolute Gasteiger partial charge is 0.393 e. The van der Waals surface area contributed by atoms with Crippen molar-refractivity contribution in [2.24, 2.45) is 11.8 Å². The van der Waals surface area contributed by atoms with Gasteiger partial charge in [0.05, 0.1) is 5.92 Å². The molecule has 0 aromatic heterocycles. The molecule has 1 saturated carbocycles. The highest BCUT2D eigenvalue weighted by atomic mass is 19.4. The fourth-order valence-electron chi connectivity index (χ4n) is 2.55. The van der Waals surface area contributed by atoms with Crippen molar-refractivity contribution in [1.29, 1.82) is 0 Å². The summed E-state index contributed by atoms with van der Waals surface area (Å²) in [5, 5.41) is 3.07. The Kier molecular flexibility index (Phi) is 7.15. The van der Waals surface area contributed by atoms with Crippen LogP contribution in [0.3, 0.4) is 0 Å². The van der Waals surface area contributed by atoms with Gasteiger partial charge in [0.1, 0.15) is 0 Å². The highest BCUT2D eigenvalue weighted by molar-refractivity contribution is 4.85. The zero-order chi connectivity index (χ0) is 14.3. The highest BCUT2D eigenvalue weighted by Crippen LogP contribution is 2.37. The Balaban J connectivity index is 2.19. The maximum Gasteiger partial charge on any atom is 0.393 e. The molecular formula is C14H26F3NO. The number of halogens is 3. The summed E-state index contributed by atoms with van der Waals surface area (Å²) < 4.78 is 44.0. The van der Waals surface area contributed by atoms with Crippen LogP contribution in [-0.2, 0) is 4.74 Å². The first-order valence-electron chi connectivity index (χ1n) is 7.29. The van der Waals surface area contributed by atoms with Crippen molar-refractivity contribution in [3.63, 3.8) is 0 Å². The van der Waals surface area contributed by atoms with Crippen LogP contribution in [0.2, 0.25) is 0 Å². The van der Waals surface area contributed by atoms with Gasteiger partial charge in [-0.15, -0.1) is 0 Å². The Morgan fingerprint density at radius 1 is 1.21 bits per heavy atom. The fourth-order valence-corrected chi connectivity index (χ4v) is 2.55. The highest BCUT2D eigenvalue weighted by Gasteiger charge is 2.45. The van der Waals surface area contributed by atoms with E-state index < -0.39 is 18.1 Å². The summed E-state index contributed by atoms with van der Waals surface area (Å²) in [6, 6.07) is -0.404. The van der Waals surface area contributed by atoms with Gasteiger partial charge in [-0.2, -0.15) is 13.2 Å². The molecule has 1 fully saturated rings. The lowest BCUT2D eigenvalue weighted by Crippen LogP contribution is -2.45. The fraction of sp³-hybridized carbons (Fsp3) is 1.00. The molecule has 0 spiro atoms. The molecule has 2 unspecified atom stereocenters. The molecule has 19 heavy (non-hydrogen) atoms. The van der Waals surface area contributed by atoms with Gasteiger partial charge < -0.3 is 10.1 Å². The predicted octanol–water partition coefficient (Wildman–Crippen LogP) is 3.76. The van der Waals surface area contributed by atoms with Crippen molar-refractivity contribution in [2.75, 3.05) is 19.8 Å². The second kappa shape index (κ2) is 8.10. The molecule has 0 heterocycles. The van der Waals surface area contributed by atoms with E-state index in [0.29, 0.717) is 38.5 Å². The number of alkyl halides is 3. The van der Waals surface area contributed by atoms with Gasteiger partial charge in [-0.25, -0.2) is 0 Å². The first kappa shape index (κ1) is 16.8. The summed E-state index contributed by atoms with van der Waals surface area (Å²) in [5.74, 6) is -0.668. The zero-order valence-corrected chi connectivity index (χ0v) is 11.9. The molecule has 1 aliphatic rings. The third kappa shape index (κ3) is 6.61. The van der Waals surface area contributed by atoms with Crippen LogP contribution in [0.1, 0.15) is 46.0 Å². The summed E-state index contributed by atoms with van der Waals surface area (Å²) in [6.07, 6.45) is -0.796. The molecule has 0 amide bonds. The average Bonchev–Trinajstić information content (AvgIpc) is 2.32. The Hall–Kier alpha value is -0.290. The number of hydrogen-bond donors (Lipinski definition) is 1. The lowest BCUT2D eigenvalue weighted by Gasteiger charge is -2.33. The number of ether oxygens (including phenoxy) is 1. The maximum atomic E-state index is 12.8. The van der Waals surface area contributed by atoms with Crippen LogP contribution < -0.4 is 5.32 Å². The SMILES string of the molecule is CC(C)COCCCNC1CCCCC1C(F)(F)F. The van der Waals surface area contributed by atoms with E-state index >= 15 is 0 Å². The Labute approximate surface area is 114 Å². The molecule has 2 nitrogen and oxygen atoms in total. The van der Waals surface area contributed by atoms with E-state index in [4.69, 9.17) is 4.74 Å². The van der Waals surface area contributed by atoms with Crippen LogP contribution in [0.15, 0.2) is 0 Å². The van der Waals surface area contributed by atoms with Gasteiger partial charge in [0.25, 0.3) is 0 Å². The quantitative estimate of drug-likeness (QED) is 0.717. The van der Waals surface area contributed by atoms with Crippen molar-refractivity contribution >= 4 is 0 Å². The maximum absolute atomic E-state index is 12.8. The summed E-state index contributed by atoms with van der Waals surface area (Å²) in [5.41, 5.74) is 0. The molecule has 0 bridgehead atoms. The summed E-state index contributed by atoms with van der Waals surface area (Å²) in [6.45, 7) is 6.10.